The predicted molar refractivity (Wildman–Crippen MR) is 143 cm³/mol. The van der Waals surface area contributed by atoms with Crippen LogP contribution in [0.5, 0.6) is 17.2 Å². The number of thioether (sulfide) groups is 1. The summed E-state index contributed by atoms with van der Waals surface area (Å²) >= 11 is 6.80. The Hall–Kier alpha value is -4.02. The molecule has 11 heteroatoms. The average molecular weight is 557 g/mol. The van der Waals surface area contributed by atoms with Crippen LogP contribution in [0.2, 0.25) is 5.02 Å². The molecule has 0 spiro atoms. The van der Waals surface area contributed by atoms with E-state index in [1.54, 1.807) is 48.5 Å². The van der Waals surface area contributed by atoms with E-state index in [0.29, 0.717) is 39.1 Å². The minimum Gasteiger partial charge on any atom is -0.495 e. The lowest BCUT2D eigenvalue weighted by molar-refractivity contribution is -0.127. The van der Waals surface area contributed by atoms with E-state index in [2.05, 4.69) is 5.32 Å². The van der Waals surface area contributed by atoms with Crippen molar-refractivity contribution in [3.05, 3.63) is 87.5 Å². The molecule has 8 nitrogen and oxygen atoms in total. The van der Waals surface area contributed by atoms with Crippen LogP contribution in [0.4, 0.5) is 14.9 Å². The van der Waals surface area contributed by atoms with Crippen molar-refractivity contribution < 1.29 is 33.0 Å². The Bertz CT molecular complexity index is 1430. The number of amides is 3. The van der Waals surface area contributed by atoms with Gasteiger partial charge in [0, 0.05) is 11.3 Å². The molecule has 1 aliphatic heterocycles. The van der Waals surface area contributed by atoms with Crippen LogP contribution >= 0.6 is 23.4 Å². The van der Waals surface area contributed by atoms with Gasteiger partial charge >= 0.3 is 0 Å². The van der Waals surface area contributed by atoms with Gasteiger partial charge in [-0.25, -0.2) is 4.39 Å². The SMILES string of the molecule is COc1ccc(NC(=O)CN2C(=O)S/C(=C/c3ccc(OCc4ccccc4F)c(OC)c3)C2=O)cc1Cl. The number of rotatable bonds is 9. The summed E-state index contributed by atoms with van der Waals surface area (Å²) in [5, 5.41) is 2.34. The van der Waals surface area contributed by atoms with Gasteiger partial charge in [-0.3, -0.25) is 19.3 Å². The van der Waals surface area contributed by atoms with E-state index in [9.17, 15) is 18.8 Å². The molecular formula is C27H22ClFN2O6S. The van der Waals surface area contributed by atoms with Crippen molar-refractivity contribution in [3.63, 3.8) is 0 Å². The van der Waals surface area contributed by atoms with Crippen molar-refractivity contribution in [2.45, 2.75) is 6.61 Å². The Morgan fingerprint density at radius 3 is 2.47 bits per heavy atom. The second-order valence-corrected chi connectivity index (χ2v) is 9.36. The van der Waals surface area contributed by atoms with Crippen molar-refractivity contribution in [2.75, 3.05) is 26.1 Å². The summed E-state index contributed by atoms with van der Waals surface area (Å²) in [5.41, 5.74) is 1.36. The van der Waals surface area contributed by atoms with Crippen molar-refractivity contribution in [2.24, 2.45) is 0 Å². The molecule has 38 heavy (non-hydrogen) atoms. The maximum Gasteiger partial charge on any atom is 0.294 e. The summed E-state index contributed by atoms with van der Waals surface area (Å²) in [6.45, 7) is -0.455. The molecule has 0 aromatic heterocycles. The molecule has 1 heterocycles. The van der Waals surface area contributed by atoms with Gasteiger partial charge in [0.25, 0.3) is 11.1 Å². The monoisotopic (exact) mass is 556 g/mol. The van der Waals surface area contributed by atoms with E-state index in [1.807, 2.05) is 0 Å². The van der Waals surface area contributed by atoms with Crippen LogP contribution in [0, 0.1) is 5.82 Å². The van der Waals surface area contributed by atoms with Gasteiger partial charge in [-0.15, -0.1) is 0 Å². The normalized spacial score (nSPS) is 14.1. The molecule has 0 radical (unpaired) electrons. The number of carbonyl (C=O) groups excluding carboxylic acids is 3. The topological polar surface area (TPSA) is 94.2 Å². The van der Waals surface area contributed by atoms with Crippen LogP contribution in [0.25, 0.3) is 6.08 Å². The molecule has 3 amide bonds. The number of nitrogens with zero attached hydrogens (tertiary/aromatic N) is 1. The third-order valence-corrected chi connectivity index (χ3v) is 6.64. The number of anilines is 1. The highest BCUT2D eigenvalue weighted by molar-refractivity contribution is 8.18. The highest BCUT2D eigenvalue weighted by atomic mass is 35.5. The second-order valence-electron chi connectivity index (χ2n) is 7.96. The Balaban J connectivity index is 1.42. The van der Waals surface area contributed by atoms with Crippen molar-refractivity contribution in [1.82, 2.24) is 4.90 Å². The Labute approximate surface area is 227 Å². The molecular weight excluding hydrogens is 535 g/mol. The second kappa shape index (κ2) is 12.0. The molecule has 1 saturated heterocycles. The third kappa shape index (κ3) is 6.27. The first-order valence-electron chi connectivity index (χ1n) is 11.2. The number of imide groups is 1. The fourth-order valence-electron chi connectivity index (χ4n) is 3.54. The minimum absolute atomic E-state index is 0.00602. The molecule has 1 aliphatic rings. The zero-order valence-corrected chi connectivity index (χ0v) is 21.9. The van der Waals surface area contributed by atoms with E-state index >= 15 is 0 Å². The van der Waals surface area contributed by atoms with Gasteiger partial charge in [0.15, 0.2) is 11.5 Å². The van der Waals surface area contributed by atoms with Crippen molar-refractivity contribution in [3.8, 4) is 17.2 Å². The summed E-state index contributed by atoms with van der Waals surface area (Å²) in [5.74, 6) is -0.333. The first-order valence-corrected chi connectivity index (χ1v) is 12.4. The Morgan fingerprint density at radius 1 is 1.03 bits per heavy atom. The van der Waals surface area contributed by atoms with E-state index in [4.69, 9.17) is 25.8 Å². The van der Waals surface area contributed by atoms with E-state index < -0.39 is 23.6 Å². The maximum atomic E-state index is 13.9. The molecule has 3 aromatic carbocycles. The van der Waals surface area contributed by atoms with E-state index in [1.165, 1.54) is 32.4 Å². The zero-order valence-electron chi connectivity index (χ0n) is 20.3. The fourth-order valence-corrected chi connectivity index (χ4v) is 4.64. The molecule has 4 rings (SSSR count). The lowest BCUT2D eigenvalue weighted by Crippen LogP contribution is -2.36. The van der Waals surface area contributed by atoms with E-state index in [0.717, 1.165) is 16.7 Å². The van der Waals surface area contributed by atoms with Gasteiger partial charge in [-0.05, 0) is 59.8 Å². The summed E-state index contributed by atoms with van der Waals surface area (Å²) in [6.07, 6.45) is 1.52. The number of nitrogens with one attached hydrogen (secondary N) is 1. The molecule has 1 N–H and O–H groups in total. The lowest BCUT2D eigenvalue weighted by atomic mass is 10.1. The highest BCUT2D eigenvalue weighted by Crippen LogP contribution is 2.35. The van der Waals surface area contributed by atoms with Crippen LogP contribution in [-0.2, 0) is 16.2 Å². The fraction of sp³-hybridized carbons (Fsp3) is 0.148. The average Bonchev–Trinajstić information content (AvgIpc) is 3.15. The van der Waals surface area contributed by atoms with Crippen LogP contribution in [-0.4, -0.2) is 42.7 Å². The van der Waals surface area contributed by atoms with Crippen LogP contribution < -0.4 is 19.5 Å². The maximum absolute atomic E-state index is 13.9. The molecule has 0 aliphatic carbocycles. The van der Waals surface area contributed by atoms with Gasteiger partial charge in [0.1, 0.15) is 24.7 Å². The summed E-state index contributed by atoms with van der Waals surface area (Å²) in [6, 6.07) is 15.9. The number of carbonyl (C=O) groups is 3. The number of halogens is 2. The molecule has 0 atom stereocenters. The number of hydrogen-bond acceptors (Lipinski definition) is 7. The lowest BCUT2D eigenvalue weighted by Gasteiger charge is -2.13. The third-order valence-electron chi connectivity index (χ3n) is 5.44. The molecule has 1 fully saturated rings. The summed E-state index contributed by atoms with van der Waals surface area (Å²) in [7, 11) is 2.93. The molecule has 0 saturated carbocycles. The highest BCUT2D eigenvalue weighted by Gasteiger charge is 2.36. The smallest absolute Gasteiger partial charge is 0.294 e. The van der Waals surface area contributed by atoms with Gasteiger partial charge in [0.05, 0.1) is 24.1 Å². The molecule has 196 valence electrons. The van der Waals surface area contributed by atoms with Gasteiger partial charge < -0.3 is 19.5 Å². The Kier molecular flexibility index (Phi) is 8.55. The van der Waals surface area contributed by atoms with Gasteiger partial charge in [0.2, 0.25) is 5.91 Å². The number of ether oxygens (including phenoxy) is 3. The first kappa shape index (κ1) is 27.0. The predicted octanol–water partition coefficient (Wildman–Crippen LogP) is 5.75. The quantitative estimate of drug-likeness (QED) is 0.335. The molecule has 0 bridgehead atoms. The summed E-state index contributed by atoms with van der Waals surface area (Å²) < 4.78 is 30.0. The zero-order chi connectivity index (χ0) is 27.2. The molecule has 3 aromatic rings. The largest absolute Gasteiger partial charge is 0.495 e. The standard InChI is InChI=1S/C27H22ClFN2O6S/c1-35-21-10-8-18(13-19(21)28)30-25(32)14-31-26(33)24(38-27(31)34)12-16-7-9-22(23(11-16)36-2)37-15-17-5-3-4-6-20(17)29/h3-13H,14-15H2,1-2H3,(H,30,32)/b24-12+. The van der Waals surface area contributed by atoms with Crippen LogP contribution in [0.3, 0.4) is 0 Å². The van der Waals surface area contributed by atoms with E-state index in [-0.39, 0.29) is 17.3 Å². The Morgan fingerprint density at radius 2 is 1.76 bits per heavy atom. The van der Waals surface area contributed by atoms with Crippen molar-refractivity contribution >= 4 is 52.2 Å². The van der Waals surface area contributed by atoms with Crippen LogP contribution in [0.15, 0.2) is 65.6 Å². The summed E-state index contributed by atoms with van der Waals surface area (Å²) in [4.78, 5) is 38.8. The minimum atomic E-state index is -0.596. The van der Waals surface area contributed by atoms with Crippen molar-refractivity contribution in [1.29, 1.82) is 0 Å². The van der Waals surface area contributed by atoms with Gasteiger partial charge in [-0.1, -0.05) is 35.9 Å². The number of benzene rings is 3. The molecule has 0 unspecified atom stereocenters. The van der Waals surface area contributed by atoms with Gasteiger partial charge in [-0.2, -0.15) is 0 Å². The van der Waals surface area contributed by atoms with Crippen LogP contribution in [0.1, 0.15) is 11.1 Å². The first-order chi connectivity index (χ1) is 18.3. The number of hydrogen-bond donors (Lipinski definition) is 1. The number of methoxy groups -OCH3 is 2.